The maximum atomic E-state index is 13.8. The van der Waals surface area contributed by atoms with E-state index in [9.17, 15) is 9.18 Å². The summed E-state index contributed by atoms with van der Waals surface area (Å²) in [5, 5.41) is 0. The van der Waals surface area contributed by atoms with Crippen molar-refractivity contribution >= 4 is 5.91 Å². The zero-order valence-electron chi connectivity index (χ0n) is 17.4. The third-order valence-electron chi connectivity index (χ3n) is 8.19. The van der Waals surface area contributed by atoms with Gasteiger partial charge < -0.3 is 10.6 Å². The predicted molar refractivity (Wildman–Crippen MR) is 112 cm³/mol. The molecule has 0 unspecified atom stereocenters. The molecule has 158 valence electrons. The number of halogens is 1. The number of rotatable bonds is 5. The van der Waals surface area contributed by atoms with Crippen LogP contribution in [0, 0.1) is 23.6 Å². The zero-order valence-corrected chi connectivity index (χ0v) is 17.4. The Kier molecular flexibility index (Phi) is 5.15. The molecule has 0 radical (unpaired) electrons. The van der Waals surface area contributed by atoms with E-state index >= 15 is 0 Å². The lowest BCUT2D eigenvalue weighted by atomic mass is 9.52. The first-order valence-corrected chi connectivity index (χ1v) is 11.5. The highest BCUT2D eigenvalue weighted by Gasteiger charge is 2.53. The van der Waals surface area contributed by atoms with Crippen LogP contribution in [-0.4, -0.2) is 53.5 Å². The molecule has 1 amide bonds. The summed E-state index contributed by atoms with van der Waals surface area (Å²) in [6, 6.07) is 6.37. The Hall–Kier alpha value is -1.46. The Morgan fingerprint density at radius 2 is 1.62 bits per heavy atom. The molecule has 5 aliphatic rings. The SMILES string of the molecule is N[C@@H](CC(=O)N1CCN(C23CC4CC(CC(C4)C2)C3)CC1)Cc1ccccc1F. The minimum Gasteiger partial charge on any atom is -0.340 e. The third kappa shape index (κ3) is 3.84. The fraction of sp³-hybridized carbons (Fsp3) is 0.708. The smallest absolute Gasteiger partial charge is 0.224 e. The summed E-state index contributed by atoms with van der Waals surface area (Å²) in [5.74, 6) is 2.76. The van der Waals surface area contributed by atoms with Crippen LogP contribution in [0.25, 0.3) is 0 Å². The number of benzene rings is 1. The molecule has 4 bridgehead atoms. The van der Waals surface area contributed by atoms with Gasteiger partial charge in [0, 0.05) is 44.2 Å². The van der Waals surface area contributed by atoms with Crippen LogP contribution in [0.5, 0.6) is 0 Å². The van der Waals surface area contributed by atoms with Crippen LogP contribution in [0.1, 0.15) is 50.5 Å². The van der Waals surface area contributed by atoms with Crippen molar-refractivity contribution in [2.45, 2.75) is 62.9 Å². The van der Waals surface area contributed by atoms with Crippen LogP contribution in [-0.2, 0) is 11.2 Å². The van der Waals surface area contributed by atoms with Crippen molar-refractivity contribution in [2.75, 3.05) is 26.2 Å². The van der Waals surface area contributed by atoms with Crippen molar-refractivity contribution in [1.29, 1.82) is 0 Å². The van der Waals surface area contributed by atoms with E-state index in [1.807, 2.05) is 11.0 Å². The van der Waals surface area contributed by atoms with Crippen molar-refractivity contribution in [3.05, 3.63) is 35.6 Å². The summed E-state index contributed by atoms with van der Waals surface area (Å²) in [6.07, 6.45) is 9.28. The molecule has 4 nitrogen and oxygen atoms in total. The van der Waals surface area contributed by atoms with Gasteiger partial charge in [-0.1, -0.05) is 18.2 Å². The van der Waals surface area contributed by atoms with Gasteiger partial charge in [-0.15, -0.1) is 0 Å². The molecule has 0 spiro atoms. The lowest BCUT2D eigenvalue weighted by molar-refractivity contribution is -0.138. The molecular formula is C24H34FN3O. The first-order chi connectivity index (χ1) is 14.0. The normalized spacial score (nSPS) is 35.1. The second-order valence-corrected chi connectivity index (χ2v) is 10.3. The maximum absolute atomic E-state index is 13.8. The summed E-state index contributed by atoms with van der Waals surface area (Å²) in [4.78, 5) is 17.5. The molecule has 6 rings (SSSR count). The van der Waals surface area contributed by atoms with Crippen LogP contribution in [0.2, 0.25) is 0 Å². The molecule has 1 aromatic rings. The van der Waals surface area contributed by atoms with E-state index in [0.29, 0.717) is 23.9 Å². The van der Waals surface area contributed by atoms with Crippen molar-refractivity contribution in [3.8, 4) is 0 Å². The first kappa shape index (κ1) is 19.5. The van der Waals surface area contributed by atoms with E-state index in [0.717, 1.165) is 43.9 Å². The minimum absolute atomic E-state index is 0.124. The standard InChI is InChI=1S/C24H34FN3O/c25-22-4-2-1-3-20(22)12-21(26)13-23(29)27-5-7-28(8-6-27)24-14-17-9-18(15-24)11-19(10-17)16-24/h1-4,17-19,21H,5-16,26H2/t17?,18?,19?,21-,24?/m1/s1. The highest BCUT2D eigenvalue weighted by Crippen LogP contribution is 2.57. The number of nitrogens with zero attached hydrogens (tertiary/aromatic N) is 2. The van der Waals surface area contributed by atoms with Crippen molar-refractivity contribution < 1.29 is 9.18 Å². The van der Waals surface area contributed by atoms with Crippen LogP contribution in [0.3, 0.4) is 0 Å². The Labute approximate surface area is 173 Å². The summed E-state index contributed by atoms with van der Waals surface area (Å²) in [7, 11) is 0. The number of amides is 1. The molecule has 29 heavy (non-hydrogen) atoms. The molecule has 4 aliphatic carbocycles. The topological polar surface area (TPSA) is 49.6 Å². The molecule has 2 N–H and O–H groups in total. The fourth-order valence-corrected chi connectivity index (χ4v) is 7.25. The number of nitrogens with two attached hydrogens (primary N) is 1. The van der Waals surface area contributed by atoms with Crippen LogP contribution >= 0.6 is 0 Å². The number of carbonyl (C=O) groups is 1. The summed E-state index contributed by atoms with van der Waals surface area (Å²) < 4.78 is 13.8. The molecule has 1 saturated heterocycles. The summed E-state index contributed by atoms with van der Waals surface area (Å²) in [5.41, 5.74) is 7.22. The Bertz CT molecular complexity index is 723. The number of hydrogen-bond acceptors (Lipinski definition) is 3. The first-order valence-electron chi connectivity index (χ1n) is 11.5. The van der Waals surface area contributed by atoms with Crippen molar-refractivity contribution in [2.24, 2.45) is 23.5 Å². The second-order valence-electron chi connectivity index (χ2n) is 10.3. The quantitative estimate of drug-likeness (QED) is 0.827. The van der Waals surface area contributed by atoms with Gasteiger partial charge in [0.2, 0.25) is 5.91 Å². The van der Waals surface area contributed by atoms with E-state index in [-0.39, 0.29) is 17.8 Å². The van der Waals surface area contributed by atoms with Gasteiger partial charge in [-0.2, -0.15) is 0 Å². The van der Waals surface area contributed by atoms with E-state index in [1.165, 1.54) is 44.6 Å². The Morgan fingerprint density at radius 1 is 1.03 bits per heavy atom. The van der Waals surface area contributed by atoms with E-state index in [4.69, 9.17) is 5.73 Å². The lowest BCUT2D eigenvalue weighted by Crippen LogP contribution is -2.64. The van der Waals surface area contributed by atoms with Gasteiger partial charge in [0.1, 0.15) is 5.82 Å². The molecule has 1 atom stereocenters. The maximum Gasteiger partial charge on any atom is 0.224 e. The van der Waals surface area contributed by atoms with Crippen molar-refractivity contribution in [1.82, 2.24) is 9.80 Å². The molecule has 0 aromatic heterocycles. The van der Waals surface area contributed by atoms with Gasteiger partial charge in [-0.3, -0.25) is 9.69 Å². The van der Waals surface area contributed by atoms with Gasteiger partial charge in [0.05, 0.1) is 0 Å². The minimum atomic E-state index is -0.333. The van der Waals surface area contributed by atoms with Gasteiger partial charge in [0.15, 0.2) is 0 Å². The van der Waals surface area contributed by atoms with Crippen LogP contribution in [0.4, 0.5) is 4.39 Å². The molecule has 4 saturated carbocycles. The third-order valence-corrected chi connectivity index (χ3v) is 8.19. The molecule has 5 heteroatoms. The predicted octanol–water partition coefficient (Wildman–Crippen LogP) is 3.20. The highest BCUT2D eigenvalue weighted by atomic mass is 19.1. The molecule has 1 aliphatic heterocycles. The van der Waals surface area contributed by atoms with Gasteiger partial charge in [-0.05, 0) is 74.3 Å². The van der Waals surface area contributed by atoms with Gasteiger partial charge in [-0.25, -0.2) is 4.39 Å². The summed E-state index contributed by atoms with van der Waals surface area (Å²) in [6.45, 7) is 3.63. The lowest BCUT2D eigenvalue weighted by Gasteiger charge is -2.61. The molecule has 5 fully saturated rings. The number of piperazine rings is 1. The summed E-state index contributed by atoms with van der Waals surface area (Å²) >= 11 is 0. The van der Waals surface area contributed by atoms with Gasteiger partial charge >= 0.3 is 0 Å². The van der Waals surface area contributed by atoms with Crippen LogP contribution in [0.15, 0.2) is 24.3 Å². The van der Waals surface area contributed by atoms with E-state index < -0.39 is 0 Å². The fourth-order valence-electron chi connectivity index (χ4n) is 7.25. The van der Waals surface area contributed by atoms with Crippen molar-refractivity contribution in [3.63, 3.8) is 0 Å². The average Bonchev–Trinajstić information content (AvgIpc) is 2.69. The Morgan fingerprint density at radius 3 is 2.21 bits per heavy atom. The molecular weight excluding hydrogens is 365 g/mol. The number of carbonyl (C=O) groups excluding carboxylic acids is 1. The van der Waals surface area contributed by atoms with Gasteiger partial charge in [0.25, 0.3) is 0 Å². The monoisotopic (exact) mass is 399 g/mol. The Balaban J connectivity index is 1.14. The largest absolute Gasteiger partial charge is 0.340 e. The molecule has 1 heterocycles. The molecule has 1 aromatic carbocycles. The van der Waals surface area contributed by atoms with E-state index in [2.05, 4.69) is 4.90 Å². The van der Waals surface area contributed by atoms with Crippen LogP contribution < -0.4 is 5.73 Å². The number of hydrogen-bond donors (Lipinski definition) is 1. The second kappa shape index (κ2) is 7.66. The average molecular weight is 400 g/mol. The zero-order chi connectivity index (χ0) is 20.0. The van der Waals surface area contributed by atoms with E-state index in [1.54, 1.807) is 12.1 Å². The highest BCUT2D eigenvalue weighted by molar-refractivity contribution is 5.77.